The number of fused-ring (bicyclic) bond motifs is 1. The summed E-state index contributed by atoms with van der Waals surface area (Å²) in [5, 5.41) is 3.85. The van der Waals surface area contributed by atoms with E-state index in [0.29, 0.717) is 23.1 Å². The average Bonchev–Trinajstić information content (AvgIpc) is 2.88. The molecule has 0 radical (unpaired) electrons. The van der Waals surface area contributed by atoms with Gasteiger partial charge in [-0.05, 0) is 49.2 Å². The zero-order chi connectivity index (χ0) is 19.5. The minimum atomic E-state index is -0.168. The topological polar surface area (TPSA) is 58.1 Å². The molecule has 1 unspecified atom stereocenters. The van der Waals surface area contributed by atoms with E-state index in [0.717, 1.165) is 23.1 Å². The Bertz CT molecular complexity index is 1070. The first-order valence-electron chi connectivity index (χ1n) is 9.35. The lowest BCUT2D eigenvalue weighted by Gasteiger charge is -2.27. The van der Waals surface area contributed by atoms with E-state index in [2.05, 4.69) is 46.3 Å². The van der Waals surface area contributed by atoms with Gasteiger partial charge < -0.3 is 10.2 Å². The first-order valence-corrected chi connectivity index (χ1v) is 9.35. The van der Waals surface area contributed by atoms with Crippen molar-refractivity contribution in [1.29, 1.82) is 0 Å². The maximum Gasteiger partial charge on any atom is 0.256 e. The molecular weight excluding hydrogens is 348 g/mol. The van der Waals surface area contributed by atoms with Gasteiger partial charge >= 0.3 is 0 Å². The monoisotopic (exact) mass is 370 g/mol. The van der Waals surface area contributed by atoms with E-state index < -0.39 is 0 Å². The lowest BCUT2D eigenvalue weighted by Crippen LogP contribution is -2.26. The Balaban J connectivity index is 1.63. The van der Waals surface area contributed by atoms with Crippen LogP contribution in [0.1, 0.15) is 18.9 Å². The van der Waals surface area contributed by atoms with Crippen LogP contribution in [0.5, 0.6) is 0 Å². The zero-order valence-corrected chi connectivity index (χ0v) is 16.0. The number of nitrogens with one attached hydrogen (secondary N) is 1. The molecule has 28 heavy (non-hydrogen) atoms. The lowest BCUT2D eigenvalue weighted by molar-refractivity contribution is -0.112. The van der Waals surface area contributed by atoms with Gasteiger partial charge in [-0.2, -0.15) is 0 Å². The van der Waals surface area contributed by atoms with Crippen LogP contribution in [0.15, 0.2) is 78.5 Å². The highest BCUT2D eigenvalue weighted by molar-refractivity contribution is 6.06. The predicted molar refractivity (Wildman–Crippen MR) is 113 cm³/mol. The number of carbonyl (C=O) groups is 1. The number of nitrogens with zero attached hydrogens (tertiary/aromatic N) is 3. The van der Waals surface area contributed by atoms with Crippen LogP contribution < -0.4 is 5.32 Å². The number of hydrogen-bond acceptors (Lipinski definition) is 4. The number of anilines is 1. The summed E-state index contributed by atoms with van der Waals surface area (Å²) in [5.41, 5.74) is 3.37. The summed E-state index contributed by atoms with van der Waals surface area (Å²) in [4.78, 5) is 23.8. The predicted octanol–water partition coefficient (Wildman–Crippen LogP) is 4.26. The van der Waals surface area contributed by atoms with E-state index in [4.69, 9.17) is 0 Å². The Hall–Kier alpha value is -3.47. The minimum absolute atomic E-state index is 0.168. The summed E-state index contributed by atoms with van der Waals surface area (Å²) in [6.07, 6.45) is 6.43. The second-order valence-corrected chi connectivity index (χ2v) is 6.95. The van der Waals surface area contributed by atoms with Gasteiger partial charge in [-0.1, -0.05) is 36.4 Å². The van der Waals surface area contributed by atoms with Crippen molar-refractivity contribution < 1.29 is 4.79 Å². The van der Waals surface area contributed by atoms with Crippen molar-refractivity contribution in [2.75, 3.05) is 12.4 Å². The smallest absolute Gasteiger partial charge is 0.256 e. The number of carbonyl (C=O) groups excluding carboxylic acids is 1. The molecule has 1 atom stereocenters. The van der Waals surface area contributed by atoms with Gasteiger partial charge in [-0.15, -0.1) is 0 Å². The van der Waals surface area contributed by atoms with Crippen LogP contribution in [0.25, 0.3) is 16.7 Å². The van der Waals surface area contributed by atoms with Crippen molar-refractivity contribution in [1.82, 2.24) is 14.9 Å². The van der Waals surface area contributed by atoms with Gasteiger partial charge in [-0.25, -0.2) is 9.97 Å². The molecule has 1 aliphatic heterocycles. The molecule has 0 fully saturated rings. The molecule has 0 bridgehead atoms. The lowest BCUT2D eigenvalue weighted by atomic mass is 10.1. The highest BCUT2D eigenvalue weighted by Gasteiger charge is 2.20. The first kappa shape index (κ1) is 17.9. The van der Waals surface area contributed by atoms with Crippen LogP contribution in [-0.2, 0) is 4.79 Å². The molecular formula is C23H22N4O. The summed E-state index contributed by atoms with van der Waals surface area (Å²) in [6, 6.07) is 18.0. The molecule has 3 aromatic rings. The van der Waals surface area contributed by atoms with E-state index in [-0.39, 0.29) is 5.91 Å². The third kappa shape index (κ3) is 3.64. The summed E-state index contributed by atoms with van der Waals surface area (Å²) >= 11 is 0. The summed E-state index contributed by atoms with van der Waals surface area (Å²) in [6.45, 7) is 2.16. The maximum absolute atomic E-state index is 12.9. The molecule has 0 spiro atoms. The van der Waals surface area contributed by atoms with E-state index in [1.807, 2.05) is 48.6 Å². The second-order valence-electron chi connectivity index (χ2n) is 6.95. The number of rotatable bonds is 3. The zero-order valence-electron chi connectivity index (χ0n) is 16.0. The van der Waals surface area contributed by atoms with E-state index in [9.17, 15) is 4.79 Å². The molecule has 0 saturated heterocycles. The van der Waals surface area contributed by atoms with Crippen LogP contribution in [-0.4, -0.2) is 33.9 Å². The van der Waals surface area contributed by atoms with Crippen LogP contribution >= 0.6 is 0 Å². The van der Waals surface area contributed by atoms with Gasteiger partial charge in [-0.3, -0.25) is 4.79 Å². The van der Waals surface area contributed by atoms with Gasteiger partial charge in [0.25, 0.3) is 5.91 Å². The van der Waals surface area contributed by atoms with Gasteiger partial charge in [0.05, 0.1) is 0 Å². The fourth-order valence-electron chi connectivity index (χ4n) is 3.27. The average molecular weight is 370 g/mol. The van der Waals surface area contributed by atoms with Crippen LogP contribution in [0.4, 0.5) is 5.82 Å². The quantitative estimate of drug-likeness (QED) is 0.748. The Morgan fingerprint density at radius 2 is 1.93 bits per heavy atom. The molecule has 0 aliphatic carbocycles. The Labute approximate surface area is 164 Å². The largest absolute Gasteiger partial charge is 0.371 e. The second kappa shape index (κ2) is 7.64. The first-order chi connectivity index (χ1) is 13.6. The summed E-state index contributed by atoms with van der Waals surface area (Å²) in [7, 11) is 2.06. The molecule has 0 saturated carbocycles. The highest BCUT2D eigenvalue weighted by Crippen LogP contribution is 2.27. The number of amides is 1. The number of hydrogen-bond donors (Lipinski definition) is 1. The van der Waals surface area contributed by atoms with Crippen LogP contribution in [0.3, 0.4) is 0 Å². The van der Waals surface area contributed by atoms with Crippen molar-refractivity contribution in [2.24, 2.45) is 0 Å². The molecule has 1 aliphatic rings. The SMILES string of the molecule is CC1CC=C(C(=O)Nc2ccc3cccnc3n2)C=C(c2ccccc2)N1C. The molecule has 1 aromatic carbocycles. The van der Waals surface area contributed by atoms with Crippen molar-refractivity contribution in [3.63, 3.8) is 0 Å². The minimum Gasteiger partial charge on any atom is -0.371 e. The van der Waals surface area contributed by atoms with Crippen molar-refractivity contribution in [2.45, 2.75) is 19.4 Å². The normalized spacial score (nSPS) is 16.9. The third-order valence-electron chi connectivity index (χ3n) is 5.05. The van der Waals surface area contributed by atoms with Crippen LogP contribution in [0, 0.1) is 0 Å². The van der Waals surface area contributed by atoms with Gasteiger partial charge in [0.15, 0.2) is 5.65 Å². The fourth-order valence-corrected chi connectivity index (χ4v) is 3.27. The maximum atomic E-state index is 12.9. The van der Waals surface area contributed by atoms with Crippen LogP contribution in [0.2, 0.25) is 0 Å². The Morgan fingerprint density at radius 1 is 1.11 bits per heavy atom. The fraction of sp³-hybridized carbons (Fsp3) is 0.174. The van der Waals surface area contributed by atoms with E-state index in [1.165, 1.54) is 0 Å². The number of benzene rings is 1. The number of pyridine rings is 2. The van der Waals surface area contributed by atoms with Gasteiger partial charge in [0, 0.05) is 35.9 Å². The van der Waals surface area contributed by atoms with Gasteiger partial charge in [0.2, 0.25) is 0 Å². The summed E-state index contributed by atoms with van der Waals surface area (Å²) < 4.78 is 0. The van der Waals surface area contributed by atoms with E-state index in [1.54, 1.807) is 12.3 Å². The van der Waals surface area contributed by atoms with Crippen molar-refractivity contribution in [3.8, 4) is 0 Å². The standard InChI is InChI=1S/C23H22N4O/c1-16-10-11-19(15-20(27(16)2)17-7-4-3-5-8-17)23(28)26-21-13-12-18-9-6-14-24-22(18)25-21/h3-9,11-16H,10H2,1-2H3,(H,24,25,26,28). The molecule has 4 rings (SSSR count). The Morgan fingerprint density at radius 3 is 2.75 bits per heavy atom. The molecule has 5 heteroatoms. The molecule has 1 N–H and O–H groups in total. The molecule has 1 amide bonds. The molecule has 2 aromatic heterocycles. The third-order valence-corrected chi connectivity index (χ3v) is 5.05. The number of aromatic nitrogens is 2. The molecule has 140 valence electrons. The van der Waals surface area contributed by atoms with Crippen molar-refractivity contribution in [3.05, 3.63) is 84.1 Å². The summed E-state index contributed by atoms with van der Waals surface area (Å²) in [5.74, 6) is 0.330. The van der Waals surface area contributed by atoms with Gasteiger partial charge in [0.1, 0.15) is 5.82 Å². The molecule has 5 nitrogen and oxygen atoms in total. The van der Waals surface area contributed by atoms with Crippen molar-refractivity contribution >= 4 is 28.5 Å². The molecule has 3 heterocycles. The highest BCUT2D eigenvalue weighted by atomic mass is 16.1. The van der Waals surface area contributed by atoms with E-state index >= 15 is 0 Å². The Kier molecular flexibility index (Phi) is 4.89.